The van der Waals surface area contributed by atoms with Gasteiger partial charge in [0, 0.05) is 6.54 Å². The Morgan fingerprint density at radius 1 is 1.21 bits per heavy atom. The van der Waals surface area contributed by atoms with Gasteiger partial charge in [0.25, 0.3) is 5.91 Å². The number of likely N-dealkylation sites (N-methyl/N-ethyl adjacent to an activating group) is 1. The minimum absolute atomic E-state index is 0.187. The van der Waals surface area contributed by atoms with Crippen molar-refractivity contribution in [3.8, 4) is 11.5 Å². The van der Waals surface area contributed by atoms with Gasteiger partial charge in [-0.15, -0.1) is 0 Å². The van der Waals surface area contributed by atoms with E-state index in [-0.39, 0.29) is 19.1 Å². The van der Waals surface area contributed by atoms with Gasteiger partial charge in [-0.05, 0) is 31.2 Å². The lowest BCUT2D eigenvalue weighted by Crippen LogP contribution is -2.38. The molecule has 0 fully saturated rings. The second-order valence-corrected chi connectivity index (χ2v) is 3.77. The number of carbonyl (C=O) groups is 2. The van der Waals surface area contributed by atoms with Gasteiger partial charge in [-0.1, -0.05) is 0 Å². The number of amides is 1. The van der Waals surface area contributed by atoms with Crippen LogP contribution in [0.4, 0.5) is 0 Å². The number of methoxy groups -OCH3 is 1. The highest BCUT2D eigenvalue weighted by Gasteiger charge is 2.15. The van der Waals surface area contributed by atoms with Crippen molar-refractivity contribution in [2.75, 3.05) is 26.8 Å². The summed E-state index contributed by atoms with van der Waals surface area (Å²) >= 11 is 0. The third-order valence-corrected chi connectivity index (χ3v) is 2.48. The topological polar surface area (TPSA) is 76.1 Å². The maximum Gasteiger partial charge on any atom is 0.323 e. The Morgan fingerprint density at radius 3 is 2.26 bits per heavy atom. The maximum atomic E-state index is 11.7. The second-order valence-electron chi connectivity index (χ2n) is 3.77. The van der Waals surface area contributed by atoms with Crippen molar-refractivity contribution in [2.45, 2.75) is 6.92 Å². The number of hydrogen-bond donors (Lipinski definition) is 1. The Hall–Kier alpha value is -2.24. The molecule has 0 bridgehead atoms. The molecule has 0 radical (unpaired) electrons. The van der Waals surface area contributed by atoms with E-state index in [1.54, 1.807) is 38.3 Å². The number of hydrogen-bond acceptors (Lipinski definition) is 4. The van der Waals surface area contributed by atoms with Gasteiger partial charge in [-0.25, -0.2) is 0 Å². The molecule has 1 N–H and O–H groups in total. The lowest BCUT2D eigenvalue weighted by molar-refractivity contribution is -0.145. The van der Waals surface area contributed by atoms with E-state index >= 15 is 0 Å². The van der Waals surface area contributed by atoms with E-state index in [4.69, 9.17) is 14.6 Å². The number of aliphatic carboxylic acids is 1. The Balaban J connectivity index is 2.49. The molecule has 0 saturated carbocycles. The molecule has 0 unspecified atom stereocenters. The number of rotatable bonds is 7. The molecule has 1 aromatic carbocycles. The van der Waals surface area contributed by atoms with Crippen molar-refractivity contribution in [1.82, 2.24) is 4.90 Å². The summed E-state index contributed by atoms with van der Waals surface area (Å²) < 4.78 is 10.3. The molecule has 6 heteroatoms. The van der Waals surface area contributed by atoms with Crippen LogP contribution in [0.2, 0.25) is 0 Å². The summed E-state index contributed by atoms with van der Waals surface area (Å²) in [5.41, 5.74) is 0. The fourth-order valence-corrected chi connectivity index (χ4v) is 1.45. The van der Waals surface area contributed by atoms with Crippen molar-refractivity contribution >= 4 is 11.9 Å². The van der Waals surface area contributed by atoms with Crippen LogP contribution in [-0.2, 0) is 9.59 Å². The molecule has 0 aliphatic heterocycles. The van der Waals surface area contributed by atoms with Crippen LogP contribution in [0.3, 0.4) is 0 Å². The van der Waals surface area contributed by atoms with E-state index in [0.29, 0.717) is 18.0 Å². The number of nitrogens with zero attached hydrogens (tertiary/aromatic N) is 1. The van der Waals surface area contributed by atoms with Crippen LogP contribution in [-0.4, -0.2) is 48.7 Å². The van der Waals surface area contributed by atoms with Gasteiger partial charge in [-0.2, -0.15) is 0 Å². The zero-order valence-corrected chi connectivity index (χ0v) is 11.0. The van der Waals surface area contributed by atoms with Crippen LogP contribution in [0.25, 0.3) is 0 Å². The van der Waals surface area contributed by atoms with Gasteiger partial charge in [-0.3, -0.25) is 9.59 Å². The molecule has 0 aromatic heterocycles. The average molecular weight is 267 g/mol. The highest BCUT2D eigenvalue weighted by atomic mass is 16.5. The molecule has 19 heavy (non-hydrogen) atoms. The van der Waals surface area contributed by atoms with Gasteiger partial charge >= 0.3 is 5.97 Å². The Bertz CT molecular complexity index is 429. The standard InChI is InChI=1S/C13H17NO5/c1-3-14(8-13(16)17)12(15)9-19-11-6-4-10(18-2)5-7-11/h4-7H,3,8-9H2,1-2H3,(H,16,17). The summed E-state index contributed by atoms with van der Waals surface area (Å²) in [5.74, 6) is -0.180. The molecule has 1 rings (SSSR count). The van der Waals surface area contributed by atoms with Gasteiger partial charge < -0.3 is 19.5 Å². The van der Waals surface area contributed by atoms with Crippen LogP contribution in [0.15, 0.2) is 24.3 Å². The van der Waals surface area contributed by atoms with Crippen LogP contribution in [0.1, 0.15) is 6.92 Å². The van der Waals surface area contributed by atoms with Crippen LogP contribution >= 0.6 is 0 Å². The van der Waals surface area contributed by atoms with Crippen LogP contribution < -0.4 is 9.47 Å². The average Bonchev–Trinajstić information content (AvgIpc) is 2.42. The second kappa shape index (κ2) is 7.25. The van der Waals surface area contributed by atoms with Gasteiger partial charge in [0.15, 0.2) is 6.61 Å². The minimum atomic E-state index is -1.04. The fraction of sp³-hybridized carbons (Fsp3) is 0.385. The minimum Gasteiger partial charge on any atom is -0.497 e. The van der Waals surface area contributed by atoms with Crippen LogP contribution in [0.5, 0.6) is 11.5 Å². The number of carboxylic acids is 1. The molecule has 0 aliphatic carbocycles. The molecule has 6 nitrogen and oxygen atoms in total. The van der Waals surface area contributed by atoms with Crippen molar-refractivity contribution in [3.05, 3.63) is 24.3 Å². The summed E-state index contributed by atoms with van der Waals surface area (Å²) in [7, 11) is 1.56. The quantitative estimate of drug-likeness (QED) is 0.797. The monoisotopic (exact) mass is 267 g/mol. The summed E-state index contributed by atoms with van der Waals surface area (Å²) in [6.45, 7) is 1.54. The van der Waals surface area contributed by atoms with E-state index in [1.165, 1.54) is 4.90 Å². The van der Waals surface area contributed by atoms with E-state index in [9.17, 15) is 9.59 Å². The van der Waals surface area contributed by atoms with E-state index in [2.05, 4.69) is 0 Å². The summed E-state index contributed by atoms with van der Waals surface area (Å²) in [4.78, 5) is 23.5. The lowest BCUT2D eigenvalue weighted by atomic mass is 10.3. The summed E-state index contributed by atoms with van der Waals surface area (Å²) in [6.07, 6.45) is 0. The highest BCUT2D eigenvalue weighted by molar-refractivity contribution is 5.82. The van der Waals surface area contributed by atoms with Gasteiger partial charge in [0.05, 0.1) is 7.11 Å². The molecule has 0 atom stereocenters. The molecular weight excluding hydrogens is 250 g/mol. The molecule has 1 amide bonds. The first kappa shape index (κ1) is 14.8. The molecule has 104 valence electrons. The number of carbonyl (C=O) groups excluding carboxylic acids is 1. The first-order chi connectivity index (χ1) is 9.06. The first-order valence-corrected chi connectivity index (χ1v) is 5.83. The maximum absolute atomic E-state index is 11.7. The number of benzene rings is 1. The molecule has 0 saturated heterocycles. The summed E-state index contributed by atoms with van der Waals surface area (Å²) in [6, 6.07) is 6.79. The van der Waals surface area contributed by atoms with E-state index in [0.717, 1.165) is 0 Å². The van der Waals surface area contributed by atoms with Gasteiger partial charge in [0.1, 0.15) is 18.0 Å². The fourth-order valence-electron chi connectivity index (χ4n) is 1.45. The molecule has 0 heterocycles. The van der Waals surface area contributed by atoms with Crippen molar-refractivity contribution in [3.63, 3.8) is 0 Å². The van der Waals surface area contributed by atoms with Crippen molar-refractivity contribution in [1.29, 1.82) is 0 Å². The largest absolute Gasteiger partial charge is 0.497 e. The Kier molecular flexibility index (Phi) is 5.66. The smallest absolute Gasteiger partial charge is 0.323 e. The SMILES string of the molecule is CCN(CC(=O)O)C(=O)COc1ccc(OC)cc1. The molecular formula is C13H17NO5. The predicted molar refractivity (Wildman–Crippen MR) is 68.4 cm³/mol. The third kappa shape index (κ3) is 4.87. The summed E-state index contributed by atoms with van der Waals surface area (Å²) in [5, 5.41) is 8.66. The zero-order valence-electron chi connectivity index (χ0n) is 11.0. The lowest BCUT2D eigenvalue weighted by Gasteiger charge is -2.18. The Morgan fingerprint density at radius 2 is 1.79 bits per heavy atom. The normalized spacial score (nSPS) is 9.79. The number of carboxylic acid groups (broad SMARTS) is 1. The first-order valence-electron chi connectivity index (χ1n) is 5.83. The number of ether oxygens (including phenoxy) is 2. The third-order valence-electron chi connectivity index (χ3n) is 2.48. The van der Waals surface area contributed by atoms with E-state index in [1.807, 2.05) is 0 Å². The predicted octanol–water partition coefficient (Wildman–Crippen LogP) is 1.01. The van der Waals surface area contributed by atoms with Gasteiger partial charge in [0.2, 0.25) is 0 Å². The molecule has 0 aliphatic rings. The molecule has 1 aromatic rings. The van der Waals surface area contributed by atoms with Crippen LogP contribution in [0, 0.1) is 0 Å². The molecule has 0 spiro atoms. The van der Waals surface area contributed by atoms with Crippen molar-refractivity contribution in [2.24, 2.45) is 0 Å². The zero-order chi connectivity index (χ0) is 14.3. The Labute approximate surface area is 111 Å². The van der Waals surface area contributed by atoms with Crippen molar-refractivity contribution < 1.29 is 24.2 Å². The van der Waals surface area contributed by atoms with E-state index < -0.39 is 5.97 Å². The highest BCUT2D eigenvalue weighted by Crippen LogP contribution is 2.16.